The van der Waals surface area contributed by atoms with E-state index in [0.29, 0.717) is 12.6 Å². The Kier molecular flexibility index (Phi) is 2.65. The monoisotopic (exact) mass is 154 g/mol. The maximum atomic E-state index is 4.99. The van der Waals surface area contributed by atoms with Gasteiger partial charge in [-0.3, -0.25) is 0 Å². The SMILES string of the molecule is COCc1nccn1C(C)C. The minimum Gasteiger partial charge on any atom is -0.377 e. The van der Waals surface area contributed by atoms with Crippen molar-refractivity contribution in [1.29, 1.82) is 0 Å². The third-order valence-electron chi connectivity index (χ3n) is 1.58. The van der Waals surface area contributed by atoms with Crippen molar-refractivity contribution in [2.24, 2.45) is 0 Å². The lowest BCUT2D eigenvalue weighted by atomic mass is 10.4. The summed E-state index contributed by atoms with van der Waals surface area (Å²) < 4.78 is 7.09. The number of ether oxygens (including phenoxy) is 1. The highest BCUT2D eigenvalue weighted by Crippen LogP contribution is 2.07. The minimum absolute atomic E-state index is 0.461. The summed E-state index contributed by atoms with van der Waals surface area (Å²) >= 11 is 0. The highest BCUT2D eigenvalue weighted by molar-refractivity contribution is 4.92. The first-order chi connectivity index (χ1) is 5.25. The molecule has 3 nitrogen and oxygen atoms in total. The molecule has 1 rings (SSSR count). The second kappa shape index (κ2) is 3.53. The summed E-state index contributed by atoms with van der Waals surface area (Å²) in [5.41, 5.74) is 0. The molecule has 0 N–H and O–H groups in total. The van der Waals surface area contributed by atoms with Crippen LogP contribution in [0, 0.1) is 0 Å². The lowest BCUT2D eigenvalue weighted by Gasteiger charge is -2.09. The van der Waals surface area contributed by atoms with E-state index in [4.69, 9.17) is 4.74 Å². The Morgan fingerprint density at radius 1 is 1.64 bits per heavy atom. The van der Waals surface area contributed by atoms with Crippen LogP contribution in [0.15, 0.2) is 12.4 Å². The molecule has 0 atom stereocenters. The first-order valence-electron chi connectivity index (χ1n) is 3.76. The van der Waals surface area contributed by atoms with Gasteiger partial charge in [-0.15, -0.1) is 0 Å². The van der Waals surface area contributed by atoms with Crippen LogP contribution in [0.2, 0.25) is 0 Å². The summed E-state index contributed by atoms with van der Waals surface area (Å²) in [4.78, 5) is 4.17. The fourth-order valence-corrected chi connectivity index (χ4v) is 1.05. The van der Waals surface area contributed by atoms with Crippen molar-refractivity contribution in [2.45, 2.75) is 26.5 Å². The fourth-order valence-electron chi connectivity index (χ4n) is 1.05. The number of rotatable bonds is 3. The Hall–Kier alpha value is -0.830. The van der Waals surface area contributed by atoms with Gasteiger partial charge in [0, 0.05) is 25.5 Å². The maximum Gasteiger partial charge on any atom is 0.134 e. The number of hydrogen-bond donors (Lipinski definition) is 0. The van der Waals surface area contributed by atoms with Gasteiger partial charge in [0.1, 0.15) is 12.4 Å². The fraction of sp³-hybridized carbons (Fsp3) is 0.625. The average Bonchev–Trinajstić information content (AvgIpc) is 2.36. The molecule has 0 amide bonds. The Balaban J connectivity index is 2.78. The molecule has 0 saturated carbocycles. The van der Waals surface area contributed by atoms with Crippen LogP contribution in [0.4, 0.5) is 0 Å². The van der Waals surface area contributed by atoms with E-state index in [1.807, 2.05) is 6.20 Å². The van der Waals surface area contributed by atoms with Crippen molar-refractivity contribution in [1.82, 2.24) is 9.55 Å². The summed E-state index contributed by atoms with van der Waals surface area (Å²) in [5, 5.41) is 0. The number of imidazole rings is 1. The average molecular weight is 154 g/mol. The van der Waals surface area contributed by atoms with Gasteiger partial charge in [-0.1, -0.05) is 0 Å². The van der Waals surface area contributed by atoms with E-state index in [0.717, 1.165) is 5.82 Å². The van der Waals surface area contributed by atoms with Gasteiger partial charge in [0.15, 0.2) is 0 Å². The summed E-state index contributed by atoms with van der Waals surface area (Å²) in [6, 6.07) is 0.461. The van der Waals surface area contributed by atoms with Crippen LogP contribution in [0.1, 0.15) is 25.7 Å². The molecule has 0 spiro atoms. The highest BCUT2D eigenvalue weighted by atomic mass is 16.5. The summed E-state index contributed by atoms with van der Waals surface area (Å²) in [7, 11) is 1.68. The number of methoxy groups -OCH3 is 1. The van der Waals surface area contributed by atoms with Gasteiger partial charge in [0.05, 0.1) is 0 Å². The quantitative estimate of drug-likeness (QED) is 0.661. The van der Waals surface area contributed by atoms with E-state index < -0.39 is 0 Å². The van der Waals surface area contributed by atoms with Gasteiger partial charge < -0.3 is 9.30 Å². The Morgan fingerprint density at radius 3 is 2.91 bits per heavy atom. The molecule has 0 fully saturated rings. The third kappa shape index (κ3) is 1.80. The molecule has 0 bridgehead atoms. The third-order valence-corrected chi connectivity index (χ3v) is 1.58. The van der Waals surface area contributed by atoms with E-state index in [2.05, 4.69) is 23.4 Å². The smallest absolute Gasteiger partial charge is 0.134 e. The van der Waals surface area contributed by atoms with Gasteiger partial charge in [0.2, 0.25) is 0 Å². The molecule has 0 aliphatic carbocycles. The van der Waals surface area contributed by atoms with E-state index in [9.17, 15) is 0 Å². The maximum absolute atomic E-state index is 4.99. The van der Waals surface area contributed by atoms with Crippen LogP contribution in [0.5, 0.6) is 0 Å². The molecular weight excluding hydrogens is 140 g/mol. The topological polar surface area (TPSA) is 27.1 Å². The molecule has 1 heterocycles. The zero-order valence-corrected chi connectivity index (χ0v) is 7.24. The van der Waals surface area contributed by atoms with Crippen LogP contribution in [-0.4, -0.2) is 16.7 Å². The normalized spacial score (nSPS) is 10.9. The van der Waals surface area contributed by atoms with Crippen LogP contribution < -0.4 is 0 Å². The predicted molar refractivity (Wildman–Crippen MR) is 43.3 cm³/mol. The van der Waals surface area contributed by atoms with Crippen LogP contribution in [0.25, 0.3) is 0 Å². The van der Waals surface area contributed by atoms with Gasteiger partial charge >= 0.3 is 0 Å². The zero-order chi connectivity index (χ0) is 8.27. The van der Waals surface area contributed by atoms with Crippen LogP contribution >= 0.6 is 0 Å². The first-order valence-corrected chi connectivity index (χ1v) is 3.76. The first kappa shape index (κ1) is 8.27. The summed E-state index contributed by atoms with van der Waals surface area (Å²) in [6.45, 7) is 4.84. The molecule has 62 valence electrons. The molecule has 3 heteroatoms. The van der Waals surface area contributed by atoms with E-state index in [1.165, 1.54) is 0 Å². The van der Waals surface area contributed by atoms with E-state index >= 15 is 0 Å². The Morgan fingerprint density at radius 2 is 2.36 bits per heavy atom. The largest absolute Gasteiger partial charge is 0.377 e. The number of aromatic nitrogens is 2. The van der Waals surface area contributed by atoms with Crippen molar-refractivity contribution in [2.75, 3.05) is 7.11 Å². The number of nitrogens with zero attached hydrogens (tertiary/aromatic N) is 2. The van der Waals surface area contributed by atoms with Crippen molar-refractivity contribution in [3.8, 4) is 0 Å². The second-order valence-corrected chi connectivity index (χ2v) is 2.78. The zero-order valence-electron chi connectivity index (χ0n) is 7.24. The molecule has 0 unspecified atom stereocenters. The summed E-state index contributed by atoms with van der Waals surface area (Å²) in [5.74, 6) is 0.988. The van der Waals surface area contributed by atoms with Crippen LogP contribution in [-0.2, 0) is 11.3 Å². The van der Waals surface area contributed by atoms with Crippen molar-refractivity contribution in [3.05, 3.63) is 18.2 Å². The second-order valence-electron chi connectivity index (χ2n) is 2.78. The molecular formula is C8H14N2O. The van der Waals surface area contributed by atoms with Crippen molar-refractivity contribution >= 4 is 0 Å². The number of hydrogen-bond acceptors (Lipinski definition) is 2. The molecule has 0 aromatic carbocycles. The van der Waals surface area contributed by atoms with Crippen LogP contribution in [0.3, 0.4) is 0 Å². The minimum atomic E-state index is 0.461. The molecule has 0 aliphatic heterocycles. The van der Waals surface area contributed by atoms with Gasteiger partial charge in [-0.25, -0.2) is 4.98 Å². The molecule has 1 aromatic rings. The molecule has 11 heavy (non-hydrogen) atoms. The van der Waals surface area contributed by atoms with E-state index in [-0.39, 0.29) is 0 Å². The summed E-state index contributed by atoms with van der Waals surface area (Å²) in [6.07, 6.45) is 3.77. The predicted octanol–water partition coefficient (Wildman–Crippen LogP) is 1.61. The molecule has 0 radical (unpaired) electrons. The van der Waals surface area contributed by atoms with Gasteiger partial charge in [-0.05, 0) is 13.8 Å². The molecule has 0 saturated heterocycles. The molecule has 0 aliphatic rings. The van der Waals surface area contributed by atoms with Gasteiger partial charge in [-0.2, -0.15) is 0 Å². The highest BCUT2D eigenvalue weighted by Gasteiger charge is 2.03. The lowest BCUT2D eigenvalue weighted by Crippen LogP contribution is -2.05. The lowest BCUT2D eigenvalue weighted by molar-refractivity contribution is 0.173. The molecule has 1 aromatic heterocycles. The van der Waals surface area contributed by atoms with E-state index in [1.54, 1.807) is 13.3 Å². The van der Waals surface area contributed by atoms with Crippen molar-refractivity contribution in [3.63, 3.8) is 0 Å². The van der Waals surface area contributed by atoms with Crippen molar-refractivity contribution < 1.29 is 4.74 Å². The Bertz CT molecular complexity index is 218. The van der Waals surface area contributed by atoms with Gasteiger partial charge in [0.25, 0.3) is 0 Å². The Labute approximate surface area is 67.0 Å². The standard InChI is InChI=1S/C8H14N2O/c1-7(2)10-5-4-9-8(10)6-11-3/h4-5,7H,6H2,1-3H3.